The first kappa shape index (κ1) is 13.7. The summed E-state index contributed by atoms with van der Waals surface area (Å²) < 4.78 is 5.41. The molecule has 2 rings (SSSR count). The van der Waals surface area contributed by atoms with Crippen LogP contribution in [0.3, 0.4) is 0 Å². The second-order valence-corrected chi connectivity index (χ2v) is 6.76. The van der Waals surface area contributed by atoms with E-state index in [1.165, 1.54) is 0 Å². The van der Waals surface area contributed by atoms with Crippen molar-refractivity contribution in [2.75, 3.05) is 19.7 Å². The van der Waals surface area contributed by atoms with Gasteiger partial charge in [-0.1, -0.05) is 0 Å². The average molecular weight is 255 g/mol. The molecule has 1 saturated carbocycles. The van der Waals surface area contributed by atoms with Gasteiger partial charge in [0.2, 0.25) is 0 Å². The third-order valence-corrected chi connectivity index (χ3v) is 4.04. The lowest BCUT2D eigenvalue weighted by atomic mass is 10.0. The molecule has 104 valence electrons. The molecular formula is C14H25NO3. The highest BCUT2D eigenvalue weighted by Gasteiger charge is 2.42. The summed E-state index contributed by atoms with van der Waals surface area (Å²) in [6, 6.07) is 0. The van der Waals surface area contributed by atoms with Gasteiger partial charge < -0.3 is 14.7 Å². The molecule has 1 amide bonds. The molecule has 0 aromatic rings. The Bertz CT molecular complexity index is 297. The van der Waals surface area contributed by atoms with Gasteiger partial charge in [-0.2, -0.15) is 0 Å². The molecule has 0 spiro atoms. The van der Waals surface area contributed by atoms with Crippen molar-refractivity contribution in [1.82, 2.24) is 4.90 Å². The Morgan fingerprint density at radius 2 is 1.83 bits per heavy atom. The minimum absolute atomic E-state index is 0.171. The summed E-state index contributed by atoms with van der Waals surface area (Å²) in [5, 5.41) is 8.97. The Morgan fingerprint density at radius 1 is 1.28 bits per heavy atom. The Hall–Kier alpha value is -0.770. The molecule has 0 bridgehead atoms. The van der Waals surface area contributed by atoms with Crippen molar-refractivity contribution in [1.29, 1.82) is 0 Å². The van der Waals surface area contributed by atoms with E-state index in [2.05, 4.69) is 0 Å². The Balaban J connectivity index is 1.83. The molecule has 0 aromatic carbocycles. The monoisotopic (exact) mass is 255 g/mol. The van der Waals surface area contributed by atoms with E-state index in [9.17, 15) is 4.79 Å². The van der Waals surface area contributed by atoms with Crippen LogP contribution in [0.4, 0.5) is 4.79 Å². The Kier molecular flexibility index (Phi) is 3.85. The maximum Gasteiger partial charge on any atom is 0.410 e. The summed E-state index contributed by atoms with van der Waals surface area (Å²) in [5.41, 5.74) is -0.409. The van der Waals surface area contributed by atoms with Crippen LogP contribution < -0.4 is 0 Å². The summed E-state index contributed by atoms with van der Waals surface area (Å²) in [7, 11) is 0. The van der Waals surface area contributed by atoms with Gasteiger partial charge in [-0.05, 0) is 57.8 Å². The van der Waals surface area contributed by atoms with Gasteiger partial charge in [0.05, 0.1) is 0 Å². The molecule has 1 N–H and O–H groups in total. The van der Waals surface area contributed by atoms with Crippen molar-refractivity contribution < 1.29 is 14.6 Å². The molecule has 3 atom stereocenters. The number of aliphatic hydroxyl groups excluding tert-OH is 1. The van der Waals surface area contributed by atoms with Gasteiger partial charge >= 0.3 is 6.09 Å². The normalized spacial score (nSPS) is 31.6. The van der Waals surface area contributed by atoms with Crippen LogP contribution in [-0.4, -0.2) is 41.4 Å². The van der Waals surface area contributed by atoms with Crippen LogP contribution in [0.2, 0.25) is 0 Å². The first-order valence-electron chi connectivity index (χ1n) is 6.98. The van der Waals surface area contributed by atoms with Crippen molar-refractivity contribution in [2.24, 2.45) is 17.8 Å². The molecule has 1 aliphatic heterocycles. The molecular weight excluding hydrogens is 230 g/mol. The SMILES string of the molecule is CC(C)(C)OC(=O)N1CC2CC(CCO)C[C@H]2C1. The van der Waals surface area contributed by atoms with E-state index in [0.717, 1.165) is 32.4 Å². The van der Waals surface area contributed by atoms with Crippen molar-refractivity contribution >= 4 is 6.09 Å². The van der Waals surface area contributed by atoms with E-state index in [4.69, 9.17) is 9.84 Å². The zero-order chi connectivity index (χ0) is 13.3. The number of likely N-dealkylation sites (tertiary alicyclic amines) is 1. The smallest absolute Gasteiger partial charge is 0.410 e. The topological polar surface area (TPSA) is 49.8 Å². The van der Waals surface area contributed by atoms with E-state index >= 15 is 0 Å². The highest BCUT2D eigenvalue weighted by atomic mass is 16.6. The fourth-order valence-corrected chi connectivity index (χ4v) is 3.32. The minimum atomic E-state index is -0.409. The van der Waals surface area contributed by atoms with Gasteiger partial charge in [-0.25, -0.2) is 4.79 Å². The lowest BCUT2D eigenvalue weighted by Gasteiger charge is -2.25. The van der Waals surface area contributed by atoms with Gasteiger partial charge in [0, 0.05) is 19.7 Å². The van der Waals surface area contributed by atoms with Crippen molar-refractivity contribution in [3.8, 4) is 0 Å². The summed E-state index contributed by atoms with van der Waals surface area (Å²) in [5.74, 6) is 1.90. The summed E-state index contributed by atoms with van der Waals surface area (Å²) >= 11 is 0. The average Bonchev–Trinajstić information content (AvgIpc) is 2.72. The van der Waals surface area contributed by atoms with Gasteiger partial charge in [-0.15, -0.1) is 0 Å². The standard InChI is InChI=1S/C14H25NO3/c1-14(2,3)18-13(17)15-8-11-6-10(4-5-16)7-12(11)9-15/h10-12,16H,4-9H2,1-3H3/t10?,11-,12?/m0/s1. The van der Waals surface area contributed by atoms with Gasteiger partial charge in [-0.3, -0.25) is 0 Å². The van der Waals surface area contributed by atoms with Crippen LogP contribution in [0.1, 0.15) is 40.0 Å². The van der Waals surface area contributed by atoms with Crippen LogP contribution in [0, 0.1) is 17.8 Å². The van der Waals surface area contributed by atoms with Crippen LogP contribution in [0.15, 0.2) is 0 Å². The predicted molar refractivity (Wildman–Crippen MR) is 69.2 cm³/mol. The number of carbonyl (C=O) groups excluding carboxylic acids is 1. The van der Waals surface area contributed by atoms with Crippen LogP contribution in [0.5, 0.6) is 0 Å². The number of nitrogens with zero attached hydrogens (tertiary/aromatic N) is 1. The largest absolute Gasteiger partial charge is 0.444 e. The van der Waals surface area contributed by atoms with E-state index in [-0.39, 0.29) is 6.09 Å². The van der Waals surface area contributed by atoms with Gasteiger partial charge in [0.25, 0.3) is 0 Å². The molecule has 0 aromatic heterocycles. The molecule has 1 saturated heterocycles. The number of rotatable bonds is 2. The number of ether oxygens (including phenoxy) is 1. The third kappa shape index (κ3) is 3.16. The molecule has 1 aliphatic carbocycles. The quantitative estimate of drug-likeness (QED) is 0.823. The maximum atomic E-state index is 12.0. The molecule has 18 heavy (non-hydrogen) atoms. The second kappa shape index (κ2) is 5.08. The van der Waals surface area contributed by atoms with E-state index in [0.29, 0.717) is 24.4 Å². The summed E-state index contributed by atoms with van der Waals surface area (Å²) in [6.45, 7) is 7.67. The van der Waals surface area contributed by atoms with Crippen LogP contribution >= 0.6 is 0 Å². The molecule has 1 heterocycles. The number of amides is 1. The first-order valence-corrected chi connectivity index (χ1v) is 6.98. The Morgan fingerprint density at radius 3 is 2.28 bits per heavy atom. The van der Waals surface area contributed by atoms with E-state index in [1.807, 2.05) is 25.7 Å². The van der Waals surface area contributed by atoms with Crippen LogP contribution in [0.25, 0.3) is 0 Å². The fourth-order valence-electron chi connectivity index (χ4n) is 3.32. The zero-order valence-corrected chi connectivity index (χ0v) is 11.7. The fraction of sp³-hybridized carbons (Fsp3) is 0.929. The van der Waals surface area contributed by atoms with Gasteiger partial charge in [0.1, 0.15) is 5.60 Å². The zero-order valence-electron chi connectivity index (χ0n) is 11.7. The third-order valence-electron chi connectivity index (χ3n) is 4.04. The van der Waals surface area contributed by atoms with Crippen molar-refractivity contribution in [2.45, 2.75) is 45.6 Å². The molecule has 2 unspecified atom stereocenters. The highest BCUT2D eigenvalue weighted by Crippen LogP contribution is 2.42. The van der Waals surface area contributed by atoms with E-state index in [1.54, 1.807) is 0 Å². The molecule has 2 fully saturated rings. The maximum absolute atomic E-state index is 12.0. The summed E-state index contributed by atoms with van der Waals surface area (Å²) in [4.78, 5) is 13.8. The van der Waals surface area contributed by atoms with Crippen molar-refractivity contribution in [3.05, 3.63) is 0 Å². The number of carbonyl (C=O) groups is 1. The van der Waals surface area contributed by atoms with Gasteiger partial charge in [0.15, 0.2) is 0 Å². The minimum Gasteiger partial charge on any atom is -0.444 e. The number of fused-ring (bicyclic) bond motifs is 1. The second-order valence-electron chi connectivity index (χ2n) is 6.76. The number of hydrogen-bond donors (Lipinski definition) is 1. The van der Waals surface area contributed by atoms with Crippen molar-refractivity contribution in [3.63, 3.8) is 0 Å². The summed E-state index contributed by atoms with van der Waals surface area (Å²) in [6.07, 6.45) is 3.06. The number of hydrogen-bond acceptors (Lipinski definition) is 3. The number of aliphatic hydroxyl groups is 1. The predicted octanol–water partition coefficient (Wildman–Crippen LogP) is 2.26. The van der Waals surface area contributed by atoms with E-state index < -0.39 is 5.60 Å². The molecule has 2 aliphatic rings. The Labute approximate surface area is 109 Å². The van der Waals surface area contributed by atoms with Crippen LogP contribution in [-0.2, 0) is 4.74 Å². The highest BCUT2D eigenvalue weighted by molar-refractivity contribution is 5.68. The lowest BCUT2D eigenvalue weighted by molar-refractivity contribution is 0.0276. The molecule has 0 radical (unpaired) electrons. The molecule has 4 nitrogen and oxygen atoms in total. The lowest BCUT2D eigenvalue weighted by Crippen LogP contribution is -2.36. The molecule has 4 heteroatoms. The first-order chi connectivity index (χ1) is 8.39.